The van der Waals surface area contributed by atoms with Crippen molar-refractivity contribution in [2.75, 3.05) is 0 Å². The standard InChI is InChI=1S/C15H22O/c1-5-15(6-2,7-3)14-9-8-13(11-16)12(4)10-14/h8-11H,5-7H2,1-4H3. The zero-order valence-electron chi connectivity index (χ0n) is 10.8. The average molecular weight is 218 g/mol. The third kappa shape index (κ3) is 2.18. The van der Waals surface area contributed by atoms with Crippen LogP contribution in [0.15, 0.2) is 18.2 Å². The van der Waals surface area contributed by atoms with E-state index >= 15 is 0 Å². The molecule has 0 aliphatic rings. The molecule has 0 spiro atoms. The van der Waals surface area contributed by atoms with Gasteiger partial charge in [0.05, 0.1) is 0 Å². The van der Waals surface area contributed by atoms with Crippen LogP contribution in [0.5, 0.6) is 0 Å². The fourth-order valence-corrected chi connectivity index (χ4v) is 2.50. The topological polar surface area (TPSA) is 17.1 Å². The fraction of sp³-hybridized carbons (Fsp3) is 0.533. The van der Waals surface area contributed by atoms with Crippen molar-refractivity contribution in [3.05, 3.63) is 34.9 Å². The molecule has 0 heterocycles. The zero-order valence-corrected chi connectivity index (χ0v) is 10.8. The van der Waals surface area contributed by atoms with Gasteiger partial charge in [0.25, 0.3) is 0 Å². The normalized spacial score (nSPS) is 11.5. The summed E-state index contributed by atoms with van der Waals surface area (Å²) in [6.45, 7) is 8.75. The van der Waals surface area contributed by atoms with Gasteiger partial charge in [-0.25, -0.2) is 0 Å². The largest absolute Gasteiger partial charge is 0.298 e. The lowest BCUT2D eigenvalue weighted by Gasteiger charge is -2.31. The number of aldehydes is 1. The minimum atomic E-state index is 0.284. The van der Waals surface area contributed by atoms with Crippen LogP contribution in [0.4, 0.5) is 0 Å². The van der Waals surface area contributed by atoms with E-state index in [9.17, 15) is 4.79 Å². The lowest BCUT2D eigenvalue weighted by Crippen LogP contribution is -2.23. The molecule has 1 heteroatoms. The molecular weight excluding hydrogens is 196 g/mol. The number of hydrogen-bond donors (Lipinski definition) is 0. The Morgan fingerprint density at radius 1 is 1.12 bits per heavy atom. The highest BCUT2D eigenvalue weighted by Gasteiger charge is 2.26. The van der Waals surface area contributed by atoms with Crippen molar-refractivity contribution in [3.63, 3.8) is 0 Å². The molecule has 0 bridgehead atoms. The molecule has 0 radical (unpaired) electrons. The number of aryl methyl sites for hydroxylation is 1. The lowest BCUT2D eigenvalue weighted by atomic mass is 9.73. The van der Waals surface area contributed by atoms with Gasteiger partial charge < -0.3 is 0 Å². The predicted octanol–water partition coefficient (Wildman–Crippen LogP) is 4.28. The highest BCUT2D eigenvalue weighted by Crippen LogP contribution is 2.35. The molecule has 88 valence electrons. The molecule has 1 rings (SSSR count). The van der Waals surface area contributed by atoms with E-state index in [1.165, 1.54) is 5.56 Å². The van der Waals surface area contributed by atoms with Crippen molar-refractivity contribution in [1.29, 1.82) is 0 Å². The van der Waals surface area contributed by atoms with Crippen LogP contribution in [0, 0.1) is 6.92 Å². The monoisotopic (exact) mass is 218 g/mol. The van der Waals surface area contributed by atoms with Crippen molar-refractivity contribution in [1.82, 2.24) is 0 Å². The van der Waals surface area contributed by atoms with E-state index in [-0.39, 0.29) is 5.41 Å². The van der Waals surface area contributed by atoms with Gasteiger partial charge in [-0.1, -0.05) is 39.0 Å². The maximum Gasteiger partial charge on any atom is 0.150 e. The molecule has 1 aromatic rings. The molecule has 0 aliphatic carbocycles. The third-order valence-electron chi connectivity index (χ3n) is 4.04. The number of rotatable bonds is 5. The van der Waals surface area contributed by atoms with Crippen LogP contribution in [0.25, 0.3) is 0 Å². The fourth-order valence-electron chi connectivity index (χ4n) is 2.50. The molecule has 0 unspecified atom stereocenters. The first-order valence-corrected chi connectivity index (χ1v) is 6.19. The van der Waals surface area contributed by atoms with Gasteiger partial charge in [-0.05, 0) is 42.7 Å². The molecule has 0 aromatic heterocycles. The van der Waals surface area contributed by atoms with Crippen molar-refractivity contribution in [2.45, 2.75) is 52.4 Å². The second-order valence-electron chi connectivity index (χ2n) is 4.53. The highest BCUT2D eigenvalue weighted by atomic mass is 16.1. The Morgan fingerprint density at radius 3 is 2.06 bits per heavy atom. The first-order valence-electron chi connectivity index (χ1n) is 6.19. The Hall–Kier alpha value is -1.11. The molecule has 0 amide bonds. The summed E-state index contributed by atoms with van der Waals surface area (Å²) in [7, 11) is 0. The van der Waals surface area contributed by atoms with Crippen LogP contribution >= 0.6 is 0 Å². The van der Waals surface area contributed by atoms with Crippen molar-refractivity contribution < 1.29 is 4.79 Å². The molecule has 0 atom stereocenters. The van der Waals surface area contributed by atoms with Crippen molar-refractivity contribution >= 4 is 6.29 Å². The quantitative estimate of drug-likeness (QED) is 0.674. The van der Waals surface area contributed by atoms with Crippen LogP contribution in [0.2, 0.25) is 0 Å². The van der Waals surface area contributed by atoms with Gasteiger partial charge in [-0.2, -0.15) is 0 Å². The summed E-state index contributed by atoms with van der Waals surface area (Å²) in [5.74, 6) is 0. The van der Waals surface area contributed by atoms with Crippen LogP contribution < -0.4 is 0 Å². The maximum atomic E-state index is 10.8. The summed E-state index contributed by atoms with van der Waals surface area (Å²) in [6.07, 6.45) is 4.39. The Kier molecular flexibility index (Phi) is 4.28. The van der Waals surface area contributed by atoms with Crippen LogP contribution in [-0.4, -0.2) is 6.29 Å². The van der Waals surface area contributed by atoms with Gasteiger partial charge >= 0.3 is 0 Å². The summed E-state index contributed by atoms with van der Waals surface area (Å²) >= 11 is 0. The van der Waals surface area contributed by atoms with Crippen molar-refractivity contribution in [2.24, 2.45) is 0 Å². The van der Waals surface area contributed by atoms with Gasteiger partial charge in [0.2, 0.25) is 0 Å². The van der Waals surface area contributed by atoms with E-state index in [0.29, 0.717) is 0 Å². The molecule has 1 aromatic carbocycles. The number of benzene rings is 1. The average Bonchev–Trinajstić information content (AvgIpc) is 2.32. The Balaban J connectivity index is 3.21. The van der Waals surface area contributed by atoms with Gasteiger partial charge in [0.15, 0.2) is 0 Å². The zero-order chi connectivity index (χ0) is 12.2. The van der Waals surface area contributed by atoms with Crippen LogP contribution in [0.1, 0.15) is 61.5 Å². The van der Waals surface area contributed by atoms with E-state index in [1.54, 1.807) is 0 Å². The highest BCUT2D eigenvalue weighted by molar-refractivity contribution is 5.77. The van der Waals surface area contributed by atoms with Crippen molar-refractivity contribution in [3.8, 4) is 0 Å². The van der Waals surface area contributed by atoms with E-state index in [1.807, 2.05) is 13.0 Å². The molecule has 1 nitrogen and oxygen atoms in total. The van der Waals surface area contributed by atoms with E-state index in [2.05, 4.69) is 32.9 Å². The Morgan fingerprint density at radius 2 is 1.69 bits per heavy atom. The summed E-state index contributed by atoms with van der Waals surface area (Å²) in [5, 5.41) is 0. The SMILES string of the molecule is CCC(CC)(CC)c1ccc(C=O)c(C)c1. The predicted molar refractivity (Wildman–Crippen MR) is 69.1 cm³/mol. The Bertz CT molecular complexity index is 353. The van der Waals surface area contributed by atoms with Crippen LogP contribution in [0.3, 0.4) is 0 Å². The van der Waals surface area contributed by atoms with E-state index in [4.69, 9.17) is 0 Å². The molecule has 0 saturated carbocycles. The first-order chi connectivity index (χ1) is 7.63. The minimum absolute atomic E-state index is 0.284. The van der Waals surface area contributed by atoms with E-state index < -0.39 is 0 Å². The summed E-state index contributed by atoms with van der Waals surface area (Å²) < 4.78 is 0. The van der Waals surface area contributed by atoms with Gasteiger partial charge in [0, 0.05) is 5.56 Å². The molecule has 0 fully saturated rings. The minimum Gasteiger partial charge on any atom is -0.298 e. The maximum absolute atomic E-state index is 10.8. The Labute approximate surface area is 98.9 Å². The number of carbonyl (C=O) groups excluding carboxylic acids is 1. The molecule has 0 aliphatic heterocycles. The smallest absolute Gasteiger partial charge is 0.150 e. The second kappa shape index (κ2) is 5.29. The molecule has 16 heavy (non-hydrogen) atoms. The molecule has 0 saturated heterocycles. The van der Waals surface area contributed by atoms with Gasteiger partial charge in [0.1, 0.15) is 6.29 Å². The summed E-state index contributed by atoms with van der Waals surface area (Å²) in [4.78, 5) is 10.8. The van der Waals surface area contributed by atoms with Gasteiger partial charge in [-0.3, -0.25) is 4.79 Å². The first kappa shape index (κ1) is 13.0. The summed E-state index contributed by atoms with van der Waals surface area (Å²) in [6, 6.07) is 6.25. The molecular formula is C15H22O. The summed E-state index contributed by atoms with van der Waals surface area (Å²) in [5.41, 5.74) is 3.56. The van der Waals surface area contributed by atoms with Gasteiger partial charge in [-0.15, -0.1) is 0 Å². The number of hydrogen-bond acceptors (Lipinski definition) is 1. The lowest BCUT2D eigenvalue weighted by molar-refractivity contribution is 0.112. The van der Waals surface area contributed by atoms with E-state index in [0.717, 1.165) is 36.7 Å². The second-order valence-corrected chi connectivity index (χ2v) is 4.53. The molecule has 0 N–H and O–H groups in total. The van der Waals surface area contributed by atoms with Crippen LogP contribution in [-0.2, 0) is 5.41 Å². The third-order valence-corrected chi connectivity index (χ3v) is 4.04. The number of carbonyl (C=O) groups is 1.